The molecule has 1 heterocycles. The molecule has 0 saturated heterocycles. The molecule has 4 heteroatoms. The van der Waals surface area contributed by atoms with Gasteiger partial charge in [0.25, 0.3) is 0 Å². The van der Waals surface area contributed by atoms with E-state index >= 15 is 0 Å². The van der Waals surface area contributed by atoms with Gasteiger partial charge in [0, 0.05) is 15.1 Å². The molecule has 0 aliphatic carbocycles. The molecule has 0 spiro atoms. The first-order valence-corrected chi connectivity index (χ1v) is 7.26. The standard InChI is InChI=1S/C14H14Br2N2/c1-9-3-4-11(17-7-9)8-18-14-12(15)5-10(2)6-13(14)16/h3-7,18H,8H2,1-2H3. The number of hydrogen-bond acceptors (Lipinski definition) is 2. The van der Waals surface area contributed by atoms with Gasteiger partial charge in [-0.25, -0.2) is 0 Å². The monoisotopic (exact) mass is 368 g/mol. The van der Waals surface area contributed by atoms with E-state index in [1.165, 1.54) is 11.1 Å². The largest absolute Gasteiger partial charge is 0.378 e. The van der Waals surface area contributed by atoms with Crippen molar-refractivity contribution in [2.24, 2.45) is 0 Å². The van der Waals surface area contributed by atoms with Crippen LogP contribution in [0.25, 0.3) is 0 Å². The molecule has 2 nitrogen and oxygen atoms in total. The van der Waals surface area contributed by atoms with Crippen LogP contribution in [0.1, 0.15) is 16.8 Å². The zero-order valence-electron chi connectivity index (χ0n) is 10.3. The highest BCUT2D eigenvalue weighted by Crippen LogP contribution is 2.32. The van der Waals surface area contributed by atoms with Gasteiger partial charge in [0.1, 0.15) is 0 Å². The van der Waals surface area contributed by atoms with Crippen molar-refractivity contribution in [1.29, 1.82) is 0 Å². The fourth-order valence-electron chi connectivity index (χ4n) is 1.65. The summed E-state index contributed by atoms with van der Waals surface area (Å²) in [5.74, 6) is 0. The molecule has 0 bridgehead atoms. The van der Waals surface area contributed by atoms with Crippen molar-refractivity contribution in [2.45, 2.75) is 20.4 Å². The van der Waals surface area contributed by atoms with Gasteiger partial charge < -0.3 is 5.32 Å². The molecule has 0 amide bonds. The Bertz CT molecular complexity index is 527. The van der Waals surface area contributed by atoms with Gasteiger partial charge in [0.05, 0.1) is 17.9 Å². The SMILES string of the molecule is Cc1ccc(CNc2c(Br)cc(C)cc2Br)nc1. The van der Waals surface area contributed by atoms with Crippen molar-refractivity contribution >= 4 is 37.5 Å². The lowest BCUT2D eigenvalue weighted by Crippen LogP contribution is -2.03. The first-order chi connectivity index (χ1) is 8.56. The molecule has 0 aliphatic heterocycles. The summed E-state index contributed by atoms with van der Waals surface area (Å²) < 4.78 is 2.11. The maximum Gasteiger partial charge on any atom is 0.0632 e. The number of rotatable bonds is 3. The van der Waals surface area contributed by atoms with Crippen LogP contribution < -0.4 is 5.32 Å². The van der Waals surface area contributed by atoms with Crippen molar-refractivity contribution < 1.29 is 0 Å². The molecule has 0 atom stereocenters. The molecule has 2 rings (SSSR count). The van der Waals surface area contributed by atoms with Crippen LogP contribution in [-0.4, -0.2) is 4.98 Å². The fraction of sp³-hybridized carbons (Fsp3) is 0.214. The van der Waals surface area contributed by atoms with Crippen LogP contribution in [0.2, 0.25) is 0 Å². The summed E-state index contributed by atoms with van der Waals surface area (Å²) in [7, 11) is 0. The normalized spacial score (nSPS) is 10.4. The summed E-state index contributed by atoms with van der Waals surface area (Å²) in [5.41, 5.74) is 4.48. The van der Waals surface area contributed by atoms with E-state index in [9.17, 15) is 0 Å². The van der Waals surface area contributed by atoms with Gasteiger partial charge in [-0.15, -0.1) is 0 Å². The van der Waals surface area contributed by atoms with Crippen LogP contribution in [0.4, 0.5) is 5.69 Å². The van der Waals surface area contributed by atoms with Gasteiger partial charge >= 0.3 is 0 Å². The quantitative estimate of drug-likeness (QED) is 0.837. The second-order valence-electron chi connectivity index (χ2n) is 4.28. The predicted octanol–water partition coefficient (Wildman–Crippen LogP) is 4.84. The topological polar surface area (TPSA) is 24.9 Å². The Balaban J connectivity index is 2.13. The average Bonchev–Trinajstić information content (AvgIpc) is 2.30. The minimum absolute atomic E-state index is 0.709. The van der Waals surface area contributed by atoms with Gasteiger partial charge in [0.2, 0.25) is 0 Å². The van der Waals surface area contributed by atoms with E-state index in [2.05, 4.69) is 67.3 Å². The van der Waals surface area contributed by atoms with Gasteiger partial charge in [-0.05, 0) is 75.0 Å². The maximum atomic E-state index is 4.38. The van der Waals surface area contributed by atoms with Gasteiger partial charge in [0.15, 0.2) is 0 Å². The second kappa shape index (κ2) is 5.85. The summed E-state index contributed by atoms with van der Waals surface area (Å²) in [6.45, 7) is 4.82. The lowest BCUT2D eigenvalue weighted by molar-refractivity contribution is 1.03. The second-order valence-corrected chi connectivity index (χ2v) is 5.99. The van der Waals surface area contributed by atoms with E-state index in [1.807, 2.05) is 19.2 Å². The van der Waals surface area contributed by atoms with Crippen molar-refractivity contribution in [3.8, 4) is 0 Å². The number of aryl methyl sites for hydroxylation is 2. The Labute approximate surface area is 124 Å². The molecule has 94 valence electrons. The third kappa shape index (κ3) is 3.33. The molecule has 0 aliphatic rings. The number of halogens is 2. The molecular formula is C14H14Br2N2. The molecule has 0 fully saturated rings. The summed E-state index contributed by atoms with van der Waals surface area (Å²) in [5, 5.41) is 3.39. The van der Waals surface area contributed by atoms with E-state index in [-0.39, 0.29) is 0 Å². The van der Waals surface area contributed by atoms with Crippen LogP contribution in [0.5, 0.6) is 0 Å². The molecule has 0 unspecified atom stereocenters. The Kier molecular flexibility index (Phi) is 4.40. The minimum Gasteiger partial charge on any atom is -0.378 e. The number of hydrogen-bond donors (Lipinski definition) is 1. The van der Waals surface area contributed by atoms with E-state index in [1.54, 1.807) is 0 Å². The minimum atomic E-state index is 0.709. The van der Waals surface area contributed by atoms with E-state index in [4.69, 9.17) is 0 Å². The molecule has 1 aromatic carbocycles. The lowest BCUT2D eigenvalue weighted by atomic mass is 10.2. The van der Waals surface area contributed by atoms with Gasteiger partial charge in [-0.2, -0.15) is 0 Å². The summed E-state index contributed by atoms with van der Waals surface area (Å²) in [6.07, 6.45) is 1.89. The van der Waals surface area contributed by atoms with Gasteiger partial charge in [-0.3, -0.25) is 4.98 Å². The third-order valence-corrected chi connectivity index (χ3v) is 3.86. The fourth-order valence-corrected chi connectivity index (χ4v) is 3.35. The highest BCUT2D eigenvalue weighted by atomic mass is 79.9. The summed E-state index contributed by atoms with van der Waals surface area (Å²) in [4.78, 5) is 4.38. The first kappa shape index (κ1) is 13.6. The highest BCUT2D eigenvalue weighted by Gasteiger charge is 2.06. The molecule has 1 aromatic heterocycles. The lowest BCUT2D eigenvalue weighted by Gasteiger charge is -2.11. The van der Waals surface area contributed by atoms with E-state index in [0.717, 1.165) is 20.3 Å². The van der Waals surface area contributed by atoms with Crippen LogP contribution in [-0.2, 0) is 6.54 Å². The summed E-state index contributed by atoms with van der Waals surface area (Å²) >= 11 is 7.14. The zero-order valence-corrected chi connectivity index (χ0v) is 13.5. The van der Waals surface area contributed by atoms with Crippen molar-refractivity contribution in [1.82, 2.24) is 4.98 Å². The maximum absolute atomic E-state index is 4.38. The molecule has 1 N–H and O–H groups in total. The van der Waals surface area contributed by atoms with Crippen molar-refractivity contribution in [3.05, 3.63) is 56.2 Å². The number of nitrogens with one attached hydrogen (secondary N) is 1. The predicted molar refractivity (Wildman–Crippen MR) is 82.9 cm³/mol. The average molecular weight is 370 g/mol. The Morgan fingerprint density at radius 2 is 1.72 bits per heavy atom. The van der Waals surface area contributed by atoms with Gasteiger partial charge in [-0.1, -0.05) is 6.07 Å². The smallest absolute Gasteiger partial charge is 0.0632 e. The van der Waals surface area contributed by atoms with Crippen LogP contribution in [0.3, 0.4) is 0 Å². The van der Waals surface area contributed by atoms with Crippen LogP contribution in [0, 0.1) is 13.8 Å². The van der Waals surface area contributed by atoms with Crippen molar-refractivity contribution in [3.63, 3.8) is 0 Å². The Hall–Kier alpha value is -0.870. The number of benzene rings is 1. The molecule has 18 heavy (non-hydrogen) atoms. The number of aromatic nitrogens is 1. The highest BCUT2D eigenvalue weighted by molar-refractivity contribution is 9.11. The number of pyridine rings is 1. The van der Waals surface area contributed by atoms with Crippen molar-refractivity contribution in [2.75, 3.05) is 5.32 Å². The third-order valence-electron chi connectivity index (χ3n) is 2.61. The van der Waals surface area contributed by atoms with E-state index in [0.29, 0.717) is 6.54 Å². The van der Waals surface area contributed by atoms with Crippen LogP contribution in [0.15, 0.2) is 39.4 Å². The number of anilines is 1. The number of nitrogens with zero attached hydrogens (tertiary/aromatic N) is 1. The molecule has 0 saturated carbocycles. The molecule has 2 aromatic rings. The van der Waals surface area contributed by atoms with E-state index < -0.39 is 0 Å². The zero-order chi connectivity index (χ0) is 13.1. The summed E-state index contributed by atoms with van der Waals surface area (Å²) in [6, 6.07) is 8.30. The Morgan fingerprint density at radius 3 is 2.28 bits per heavy atom. The molecular weight excluding hydrogens is 356 g/mol. The Morgan fingerprint density at radius 1 is 1.06 bits per heavy atom. The van der Waals surface area contributed by atoms with Crippen LogP contribution >= 0.6 is 31.9 Å². The first-order valence-electron chi connectivity index (χ1n) is 5.67. The molecule has 0 radical (unpaired) electrons.